The summed E-state index contributed by atoms with van der Waals surface area (Å²) in [6.07, 6.45) is 0. The number of benzene rings is 3. The first-order valence-electron chi connectivity index (χ1n) is 9.24. The van der Waals surface area contributed by atoms with E-state index in [-0.39, 0.29) is 18.4 Å². The molecule has 0 atom stereocenters. The zero-order valence-electron chi connectivity index (χ0n) is 16.1. The van der Waals surface area contributed by atoms with E-state index in [2.05, 4.69) is 16.0 Å². The quantitative estimate of drug-likeness (QED) is 0.549. The van der Waals surface area contributed by atoms with Gasteiger partial charge in [0.1, 0.15) is 5.75 Å². The van der Waals surface area contributed by atoms with Gasteiger partial charge in [-0.15, -0.1) is 0 Å². The molecule has 0 unspecified atom stereocenters. The van der Waals surface area contributed by atoms with Crippen LogP contribution in [0, 0.1) is 0 Å². The molecule has 0 aliphatic rings. The fraction of sp³-hybridized carbons (Fsp3) is 0.130. The van der Waals surface area contributed by atoms with Gasteiger partial charge in [-0.05, 0) is 54.1 Å². The molecule has 3 aromatic carbocycles. The summed E-state index contributed by atoms with van der Waals surface area (Å²) in [6, 6.07) is 23.9. The van der Waals surface area contributed by atoms with Gasteiger partial charge < -0.3 is 20.7 Å². The van der Waals surface area contributed by atoms with Gasteiger partial charge in [-0.2, -0.15) is 0 Å². The fourth-order valence-electron chi connectivity index (χ4n) is 2.68. The topological polar surface area (TPSA) is 79.5 Å². The largest absolute Gasteiger partial charge is 0.497 e. The second kappa shape index (κ2) is 9.94. The molecule has 0 fully saturated rings. The molecule has 6 heteroatoms. The van der Waals surface area contributed by atoms with Crippen LogP contribution in [0.15, 0.2) is 78.9 Å². The number of hydrogen-bond donors (Lipinski definition) is 3. The molecule has 0 spiro atoms. The van der Waals surface area contributed by atoms with Crippen molar-refractivity contribution in [2.45, 2.75) is 6.54 Å². The molecule has 6 nitrogen and oxygen atoms in total. The Morgan fingerprint density at radius 1 is 0.828 bits per heavy atom. The van der Waals surface area contributed by atoms with E-state index in [4.69, 9.17) is 4.74 Å². The number of carbonyl (C=O) groups excluding carboxylic acids is 2. The maximum atomic E-state index is 12.2. The van der Waals surface area contributed by atoms with Gasteiger partial charge in [0.05, 0.1) is 13.7 Å². The van der Waals surface area contributed by atoms with Crippen molar-refractivity contribution in [3.8, 4) is 5.75 Å². The van der Waals surface area contributed by atoms with Gasteiger partial charge in [0.25, 0.3) is 5.91 Å². The third-order valence-electron chi connectivity index (χ3n) is 4.27. The Balaban J connectivity index is 1.45. The Morgan fingerprint density at radius 3 is 2.14 bits per heavy atom. The van der Waals surface area contributed by atoms with Crippen molar-refractivity contribution in [3.63, 3.8) is 0 Å². The van der Waals surface area contributed by atoms with Gasteiger partial charge >= 0.3 is 0 Å². The minimum absolute atomic E-state index is 0.117. The van der Waals surface area contributed by atoms with Gasteiger partial charge in [0, 0.05) is 23.5 Å². The van der Waals surface area contributed by atoms with Gasteiger partial charge in [-0.1, -0.05) is 30.3 Å². The van der Waals surface area contributed by atoms with Crippen LogP contribution in [-0.4, -0.2) is 25.5 Å². The molecule has 3 N–H and O–H groups in total. The van der Waals surface area contributed by atoms with Crippen molar-refractivity contribution < 1.29 is 14.3 Å². The van der Waals surface area contributed by atoms with E-state index in [0.717, 1.165) is 17.0 Å². The molecule has 0 saturated carbocycles. The van der Waals surface area contributed by atoms with E-state index >= 15 is 0 Å². The number of methoxy groups -OCH3 is 1. The number of carbonyl (C=O) groups is 2. The smallest absolute Gasteiger partial charge is 0.251 e. The summed E-state index contributed by atoms with van der Waals surface area (Å²) in [6.45, 7) is 0.594. The first kappa shape index (κ1) is 19.9. The Hall–Kier alpha value is -3.80. The molecule has 0 heterocycles. The SMILES string of the molecule is COc1ccc(NC(=O)CNc2ccc(C(=O)NCc3ccccc3)cc2)cc1. The molecule has 3 rings (SSSR count). The first-order valence-corrected chi connectivity index (χ1v) is 9.24. The van der Waals surface area contributed by atoms with Crippen molar-refractivity contribution in [3.05, 3.63) is 90.0 Å². The van der Waals surface area contributed by atoms with Crippen molar-refractivity contribution in [2.24, 2.45) is 0 Å². The highest BCUT2D eigenvalue weighted by Gasteiger charge is 2.06. The highest BCUT2D eigenvalue weighted by atomic mass is 16.5. The maximum absolute atomic E-state index is 12.2. The zero-order valence-corrected chi connectivity index (χ0v) is 16.1. The number of hydrogen-bond acceptors (Lipinski definition) is 4. The number of rotatable bonds is 8. The van der Waals surface area contributed by atoms with E-state index in [1.54, 1.807) is 55.6 Å². The van der Waals surface area contributed by atoms with Crippen molar-refractivity contribution in [2.75, 3.05) is 24.3 Å². The molecule has 0 aliphatic carbocycles. The molecule has 0 radical (unpaired) electrons. The highest BCUT2D eigenvalue weighted by molar-refractivity contribution is 5.95. The molecule has 148 valence electrons. The van der Waals surface area contributed by atoms with Crippen LogP contribution in [0.25, 0.3) is 0 Å². The summed E-state index contributed by atoms with van der Waals surface area (Å²) < 4.78 is 5.09. The summed E-state index contributed by atoms with van der Waals surface area (Å²) >= 11 is 0. The van der Waals surface area contributed by atoms with Crippen LogP contribution in [0.1, 0.15) is 15.9 Å². The maximum Gasteiger partial charge on any atom is 0.251 e. The van der Waals surface area contributed by atoms with Crippen LogP contribution in [0.2, 0.25) is 0 Å². The lowest BCUT2D eigenvalue weighted by Gasteiger charge is -2.09. The molecule has 2 amide bonds. The van der Waals surface area contributed by atoms with Crippen LogP contribution in [0.4, 0.5) is 11.4 Å². The van der Waals surface area contributed by atoms with Gasteiger partial charge in [-0.3, -0.25) is 9.59 Å². The number of anilines is 2. The standard InChI is InChI=1S/C23H23N3O3/c1-29-21-13-11-20(12-14-21)26-22(27)16-24-19-9-7-18(8-10-19)23(28)25-15-17-5-3-2-4-6-17/h2-14,24H,15-16H2,1H3,(H,25,28)(H,26,27). The van der Waals surface area contributed by atoms with E-state index < -0.39 is 0 Å². The third kappa shape index (κ3) is 6.10. The van der Waals surface area contributed by atoms with Crippen molar-refractivity contribution in [1.29, 1.82) is 0 Å². The van der Waals surface area contributed by atoms with E-state index in [1.165, 1.54) is 0 Å². The van der Waals surface area contributed by atoms with E-state index in [0.29, 0.717) is 17.8 Å². The predicted octanol–water partition coefficient (Wildman–Crippen LogP) is 3.68. The van der Waals surface area contributed by atoms with Crippen LogP contribution in [0.3, 0.4) is 0 Å². The molecule has 29 heavy (non-hydrogen) atoms. The number of amides is 2. The summed E-state index contributed by atoms with van der Waals surface area (Å²) in [5, 5.41) is 8.74. The summed E-state index contributed by atoms with van der Waals surface area (Å²) in [7, 11) is 1.59. The monoisotopic (exact) mass is 389 g/mol. The number of ether oxygens (including phenoxy) is 1. The molecule has 3 aromatic rings. The molecule has 0 bridgehead atoms. The average Bonchev–Trinajstić information content (AvgIpc) is 2.77. The molecular weight excluding hydrogens is 366 g/mol. The van der Waals surface area contributed by atoms with Crippen LogP contribution in [-0.2, 0) is 11.3 Å². The van der Waals surface area contributed by atoms with Crippen LogP contribution in [0.5, 0.6) is 5.75 Å². The lowest BCUT2D eigenvalue weighted by Crippen LogP contribution is -2.23. The number of nitrogens with one attached hydrogen (secondary N) is 3. The van der Waals surface area contributed by atoms with Crippen LogP contribution >= 0.6 is 0 Å². The Bertz CT molecular complexity index is 939. The minimum atomic E-state index is -0.167. The van der Waals surface area contributed by atoms with Gasteiger partial charge in [0.2, 0.25) is 5.91 Å². The van der Waals surface area contributed by atoms with E-state index in [9.17, 15) is 9.59 Å². The van der Waals surface area contributed by atoms with Crippen molar-refractivity contribution in [1.82, 2.24) is 5.32 Å². The summed E-state index contributed by atoms with van der Waals surface area (Å²) in [5.41, 5.74) is 3.06. The molecular formula is C23H23N3O3. The lowest BCUT2D eigenvalue weighted by molar-refractivity contribution is -0.114. The predicted molar refractivity (Wildman–Crippen MR) is 114 cm³/mol. The van der Waals surface area contributed by atoms with E-state index in [1.807, 2.05) is 30.3 Å². The molecule has 0 aromatic heterocycles. The molecule has 0 aliphatic heterocycles. The highest BCUT2D eigenvalue weighted by Crippen LogP contribution is 2.15. The minimum Gasteiger partial charge on any atom is -0.497 e. The van der Waals surface area contributed by atoms with Crippen molar-refractivity contribution >= 4 is 23.2 Å². The van der Waals surface area contributed by atoms with Gasteiger partial charge in [-0.25, -0.2) is 0 Å². The second-order valence-corrected chi connectivity index (χ2v) is 6.38. The zero-order chi connectivity index (χ0) is 20.5. The Morgan fingerprint density at radius 2 is 1.48 bits per heavy atom. The first-order chi connectivity index (χ1) is 14.1. The summed E-state index contributed by atoms with van der Waals surface area (Å²) in [4.78, 5) is 24.3. The van der Waals surface area contributed by atoms with Crippen LogP contribution < -0.4 is 20.7 Å². The summed E-state index contributed by atoms with van der Waals surface area (Å²) in [5.74, 6) is 0.423. The average molecular weight is 389 g/mol. The van der Waals surface area contributed by atoms with Gasteiger partial charge in [0.15, 0.2) is 0 Å². The normalized spacial score (nSPS) is 10.1. The molecule has 0 saturated heterocycles. The Kier molecular flexibility index (Phi) is 6.84. The fourth-order valence-corrected chi connectivity index (χ4v) is 2.68. The Labute approximate surface area is 169 Å². The second-order valence-electron chi connectivity index (χ2n) is 6.38. The third-order valence-corrected chi connectivity index (χ3v) is 4.27. The lowest BCUT2D eigenvalue weighted by atomic mass is 10.1.